The lowest BCUT2D eigenvalue weighted by Crippen LogP contribution is -2.50. The molecular formula is C23H28ClN9. The van der Waals surface area contributed by atoms with Gasteiger partial charge >= 0.3 is 0 Å². The number of aryl methyl sites for hydroxylation is 2. The highest BCUT2D eigenvalue weighted by molar-refractivity contribution is 6.32. The first-order chi connectivity index (χ1) is 15.9. The molecule has 2 unspecified atom stereocenters. The van der Waals surface area contributed by atoms with Crippen LogP contribution in [0.25, 0.3) is 0 Å². The van der Waals surface area contributed by atoms with E-state index in [1.165, 1.54) is 0 Å². The third-order valence-corrected chi connectivity index (χ3v) is 6.60. The largest absolute Gasteiger partial charge is 0.356 e. The van der Waals surface area contributed by atoms with Gasteiger partial charge in [-0.05, 0) is 37.8 Å². The molecule has 4 heterocycles. The van der Waals surface area contributed by atoms with Crippen LogP contribution in [0.4, 0.5) is 23.4 Å². The van der Waals surface area contributed by atoms with Crippen LogP contribution in [0.2, 0.25) is 5.02 Å². The number of piperidine rings is 1. The lowest BCUT2D eigenvalue weighted by Gasteiger charge is -2.43. The molecule has 0 radical (unpaired) electrons. The van der Waals surface area contributed by atoms with Crippen molar-refractivity contribution in [2.45, 2.75) is 32.7 Å². The van der Waals surface area contributed by atoms with Crippen LogP contribution in [0.5, 0.6) is 0 Å². The number of nitrogens with one attached hydrogen (secondary N) is 1. The predicted molar refractivity (Wildman–Crippen MR) is 130 cm³/mol. The van der Waals surface area contributed by atoms with Crippen molar-refractivity contribution in [1.82, 2.24) is 24.7 Å². The van der Waals surface area contributed by atoms with E-state index >= 15 is 0 Å². The van der Waals surface area contributed by atoms with E-state index in [9.17, 15) is 0 Å². The molecule has 0 spiro atoms. The van der Waals surface area contributed by atoms with E-state index in [4.69, 9.17) is 21.8 Å². The molecule has 9 nitrogen and oxygen atoms in total. The minimum Gasteiger partial charge on any atom is -0.356 e. The number of pyridine rings is 1. The van der Waals surface area contributed by atoms with Gasteiger partial charge in [0, 0.05) is 51.2 Å². The number of anilines is 4. The average Bonchev–Trinajstić information content (AvgIpc) is 3.15. The molecule has 0 bridgehead atoms. The Bertz CT molecular complexity index is 1130. The SMILES string of the molecule is CCC1CN(c2ccc(C#N)cn2)CCC1N(C)c1nc(Nc2cc(C)n(C)n2)ncc1Cl. The summed E-state index contributed by atoms with van der Waals surface area (Å²) >= 11 is 6.53. The Hall–Kier alpha value is -3.38. The van der Waals surface area contributed by atoms with Crippen molar-refractivity contribution in [3.8, 4) is 6.07 Å². The van der Waals surface area contributed by atoms with E-state index in [-0.39, 0.29) is 6.04 Å². The molecule has 2 atom stereocenters. The van der Waals surface area contributed by atoms with E-state index in [0.717, 1.165) is 37.4 Å². The zero-order valence-corrected chi connectivity index (χ0v) is 20.1. The Morgan fingerprint density at radius 2 is 2.12 bits per heavy atom. The van der Waals surface area contributed by atoms with Crippen LogP contribution in [0.3, 0.4) is 0 Å². The highest BCUT2D eigenvalue weighted by Crippen LogP contribution is 2.32. The van der Waals surface area contributed by atoms with Crippen molar-refractivity contribution in [3.63, 3.8) is 0 Å². The van der Waals surface area contributed by atoms with E-state index in [1.807, 2.05) is 39.2 Å². The molecular weight excluding hydrogens is 438 g/mol. The number of nitriles is 1. The Kier molecular flexibility index (Phi) is 6.65. The third-order valence-electron chi connectivity index (χ3n) is 6.33. The van der Waals surface area contributed by atoms with Crippen LogP contribution in [0.1, 0.15) is 31.0 Å². The molecule has 4 rings (SSSR count). The monoisotopic (exact) mass is 465 g/mol. The Labute approximate surface area is 199 Å². The predicted octanol–water partition coefficient (Wildman–Crippen LogP) is 3.92. The summed E-state index contributed by atoms with van der Waals surface area (Å²) in [6.45, 7) is 5.95. The Morgan fingerprint density at radius 1 is 1.30 bits per heavy atom. The molecule has 3 aromatic heterocycles. The van der Waals surface area contributed by atoms with Gasteiger partial charge in [0.05, 0.1) is 11.8 Å². The summed E-state index contributed by atoms with van der Waals surface area (Å²) in [7, 11) is 3.94. The van der Waals surface area contributed by atoms with Gasteiger partial charge in [0.2, 0.25) is 5.95 Å². The first-order valence-corrected chi connectivity index (χ1v) is 11.4. The van der Waals surface area contributed by atoms with Crippen LogP contribution in [0, 0.1) is 24.2 Å². The van der Waals surface area contributed by atoms with Crippen LogP contribution in [-0.4, -0.2) is 50.9 Å². The molecule has 1 saturated heterocycles. The van der Waals surface area contributed by atoms with Crippen molar-refractivity contribution in [3.05, 3.63) is 46.9 Å². The molecule has 0 amide bonds. The first-order valence-electron chi connectivity index (χ1n) is 11.0. The summed E-state index contributed by atoms with van der Waals surface area (Å²) in [5.74, 6) is 3.18. The molecule has 1 aliphatic rings. The summed E-state index contributed by atoms with van der Waals surface area (Å²) in [6.07, 6.45) is 5.23. The molecule has 172 valence electrons. The van der Waals surface area contributed by atoms with Gasteiger partial charge in [0.1, 0.15) is 16.9 Å². The van der Waals surface area contributed by atoms with E-state index < -0.39 is 0 Å². The maximum absolute atomic E-state index is 9.02. The lowest BCUT2D eigenvalue weighted by atomic mass is 9.88. The third kappa shape index (κ3) is 4.86. The molecule has 1 N–H and O–H groups in total. The van der Waals surface area contributed by atoms with Gasteiger partial charge in [0.15, 0.2) is 11.6 Å². The van der Waals surface area contributed by atoms with Crippen molar-refractivity contribution in [1.29, 1.82) is 5.26 Å². The van der Waals surface area contributed by atoms with Crippen molar-refractivity contribution < 1.29 is 0 Å². The summed E-state index contributed by atoms with van der Waals surface area (Å²) in [5.41, 5.74) is 1.61. The van der Waals surface area contributed by atoms with Crippen LogP contribution < -0.4 is 15.1 Å². The molecule has 1 aliphatic heterocycles. The number of hydrogen-bond donors (Lipinski definition) is 1. The molecule has 33 heavy (non-hydrogen) atoms. The molecule has 3 aromatic rings. The minimum atomic E-state index is 0.280. The molecule has 10 heteroatoms. The lowest BCUT2D eigenvalue weighted by molar-refractivity contribution is 0.335. The first kappa shape index (κ1) is 22.8. The second-order valence-corrected chi connectivity index (χ2v) is 8.79. The van der Waals surface area contributed by atoms with Gasteiger partial charge in [-0.25, -0.2) is 9.97 Å². The molecule has 1 fully saturated rings. The van der Waals surface area contributed by atoms with Crippen molar-refractivity contribution in [2.24, 2.45) is 13.0 Å². The van der Waals surface area contributed by atoms with E-state index in [1.54, 1.807) is 17.1 Å². The van der Waals surface area contributed by atoms with E-state index in [0.29, 0.717) is 34.1 Å². The summed E-state index contributed by atoms with van der Waals surface area (Å²) in [6, 6.07) is 8.09. The average molecular weight is 466 g/mol. The Morgan fingerprint density at radius 3 is 2.76 bits per heavy atom. The fourth-order valence-electron chi connectivity index (χ4n) is 4.34. The second kappa shape index (κ2) is 9.63. The Balaban J connectivity index is 1.50. The molecule has 0 aliphatic carbocycles. The van der Waals surface area contributed by atoms with Gasteiger partial charge < -0.3 is 15.1 Å². The van der Waals surface area contributed by atoms with Crippen molar-refractivity contribution in [2.75, 3.05) is 35.3 Å². The maximum atomic E-state index is 9.02. The highest BCUT2D eigenvalue weighted by Gasteiger charge is 2.33. The quantitative estimate of drug-likeness (QED) is 0.584. The summed E-state index contributed by atoms with van der Waals surface area (Å²) < 4.78 is 1.80. The zero-order valence-electron chi connectivity index (χ0n) is 19.3. The van der Waals surface area contributed by atoms with Crippen LogP contribution >= 0.6 is 11.6 Å². The van der Waals surface area contributed by atoms with Gasteiger partial charge in [0.25, 0.3) is 0 Å². The smallest absolute Gasteiger partial charge is 0.230 e. The number of rotatable bonds is 6. The van der Waals surface area contributed by atoms with Crippen LogP contribution in [-0.2, 0) is 7.05 Å². The molecule has 0 saturated carbocycles. The minimum absolute atomic E-state index is 0.280. The highest BCUT2D eigenvalue weighted by atomic mass is 35.5. The summed E-state index contributed by atoms with van der Waals surface area (Å²) in [5, 5.41) is 17.1. The van der Waals surface area contributed by atoms with E-state index in [2.05, 4.69) is 43.2 Å². The number of nitrogens with zero attached hydrogens (tertiary/aromatic N) is 8. The topological polar surface area (TPSA) is 98.8 Å². The number of halogens is 1. The van der Waals surface area contributed by atoms with Gasteiger partial charge in [-0.1, -0.05) is 18.5 Å². The number of aromatic nitrogens is 5. The van der Waals surface area contributed by atoms with Gasteiger partial charge in [-0.15, -0.1) is 0 Å². The molecule has 0 aromatic carbocycles. The summed E-state index contributed by atoms with van der Waals surface area (Å²) in [4.78, 5) is 18.0. The van der Waals surface area contributed by atoms with Gasteiger partial charge in [-0.3, -0.25) is 4.68 Å². The normalized spacial score (nSPS) is 18.1. The fourth-order valence-corrected chi connectivity index (χ4v) is 4.56. The van der Waals surface area contributed by atoms with Crippen LogP contribution in [0.15, 0.2) is 30.6 Å². The maximum Gasteiger partial charge on any atom is 0.230 e. The van der Waals surface area contributed by atoms with Gasteiger partial charge in [-0.2, -0.15) is 15.3 Å². The second-order valence-electron chi connectivity index (χ2n) is 8.38. The van der Waals surface area contributed by atoms with Crippen molar-refractivity contribution >= 4 is 35.0 Å². The zero-order chi connectivity index (χ0) is 23.5. The number of hydrogen-bond acceptors (Lipinski definition) is 8. The fraction of sp³-hybridized carbons (Fsp3) is 0.435. The standard InChI is InChI=1S/C23H28ClN9/c1-5-17-14-33(21-7-6-16(11-25)12-26-21)9-8-19(17)31(3)22-18(24)13-27-23(29-22)28-20-10-15(2)32(4)30-20/h6-7,10,12-13,17,19H,5,8-9,14H2,1-4H3,(H,27,28,29,30).